The van der Waals surface area contributed by atoms with Gasteiger partial charge in [-0.1, -0.05) is 18.2 Å². The molecule has 0 bridgehead atoms. The van der Waals surface area contributed by atoms with Crippen molar-refractivity contribution in [2.45, 2.75) is 0 Å². The summed E-state index contributed by atoms with van der Waals surface area (Å²) in [6, 6.07) is 19.9. The number of aromatic nitrogens is 1. The van der Waals surface area contributed by atoms with E-state index in [0.717, 1.165) is 16.3 Å². The molecule has 0 radical (unpaired) electrons. The van der Waals surface area contributed by atoms with E-state index in [2.05, 4.69) is 4.98 Å². The van der Waals surface area contributed by atoms with Gasteiger partial charge in [0, 0.05) is 17.0 Å². The van der Waals surface area contributed by atoms with Crippen molar-refractivity contribution in [3.63, 3.8) is 0 Å². The van der Waals surface area contributed by atoms with Gasteiger partial charge in [-0.2, -0.15) is 0 Å². The molecule has 0 spiro atoms. The summed E-state index contributed by atoms with van der Waals surface area (Å²) in [6.45, 7) is 0. The van der Waals surface area contributed by atoms with Crippen LogP contribution in [0.15, 0.2) is 72.8 Å². The van der Waals surface area contributed by atoms with Crippen LogP contribution in [-0.4, -0.2) is 12.1 Å². The van der Waals surface area contributed by atoms with Gasteiger partial charge in [-0.15, -0.1) is 0 Å². The lowest BCUT2D eigenvalue weighted by Gasteiger charge is -2.12. The van der Waals surface area contributed by atoms with Crippen molar-refractivity contribution >= 4 is 10.8 Å². The fraction of sp³-hybridized carbons (Fsp3) is 0.0455. The van der Waals surface area contributed by atoms with Crippen molar-refractivity contribution in [3.05, 3.63) is 84.4 Å². The van der Waals surface area contributed by atoms with E-state index < -0.39 is 5.82 Å². The van der Waals surface area contributed by atoms with Gasteiger partial charge in [0.2, 0.25) is 5.88 Å². The largest absolute Gasteiger partial charge is 0.494 e. The summed E-state index contributed by atoms with van der Waals surface area (Å²) in [5.74, 6) is -0.0434. The number of hydrogen-bond donors (Lipinski definition) is 0. The third-order valence-corrected chi connectivity index (χ3v) is 4.18. The first kappa shape index (κ1) is 17.0. The van der Waals surface area contributed by atoms with Crippen LogP contribution in [-0.2, 0) is 0 Å². The van der Waals surface area contributed by atoms with Crippen molar-refractivity contribution < 1.29 is 18.3 Å². The van der Waals surface area contributed by atoms with Gasteiger partial charge < -0.3 is 9.47 Å². The number of halogens is 2. The number of benzene rings is 3. The molecule has 0 saturated heterocycles. The number of methoxy groups -OCH3 is 1. The van der Waals surface area contributed by atoms with Gasteiger partial charge in [-0.25, -0.2) is 13.8 Å². The molecule has 0 aliphatic rings. The van der Waals surface area contributed by atoms with Crippen molar-refractivity contribution in [1.82, 2.24) is 4.98 Å². The van der Waals surface area contributed by atoms with E-state index in [4.69, 9.17) is 9.47 Å². The quantitative estimate of drug-likeness (QED) is 0.447. The third-order valence-electron chi connectivity index (χ3n) is 4.18. The van der Waals surface area contributed by atoms with Gasteiger partial charge >= 0.3 is 0 Å². The van der Waals surface area contributed by atoms with Crippen molar-refractivity contribution in [3.8, 4) is 28.6 Å². The summed E-state index contributed by atoms with van der Waals surface area (Å²) in [6.07, 6.45) is 0. The first-order chi connectivity index (χ1) is 13.1. The molecule has 4 aromatic rings. The van der Waals surface area contributed by atoms with Crippen molar-refractivity contribution in [2.75, 3.05) is 7.11 Å². The maximum atomic E-state index is 14.0. The molecule has 3 nitrogen and oxygen atoms in total. The van der Waals surface area contributed by atoms with E-state index >= 15 is 0 Å². The number of pyridine rings is 1. The minimum absolute atomic E-state index is 0.139. The predicted molar refractivity (Wildman–Crippen MR) is 100 cm³/mol. The fourth-order valence-corrected chi connectivity index (χ4v) is 2.84. The van der Waals surface area contributed by atoms with Crippen molar-refractivity contribution in [2.24, 2.45) is 0 Å². The molecule has 0 amide bonds. The second-order valence-corrected chi connectivity index (χ2v) is 5.94. The lowest BCUT2D eigenvalue weighted by atomic mass is 10.1. The lowest BCUT2D eigenvalue weighted by molar-refractivity contribution is 0.382. The first-order valence-electron chi connectivity index (χ1n) is 8.31. The molecule has 1 heterocycles. The molecule has 27 heavy (non-hydrogen) atoms. The Hall–Kier alpha value is -3.47. The highest BCUT2D eigenvalue weighted by atomic mass is 19.1. The van der Waals surface area contributed by atoms with Crippen LogP contribution in [0.4, 0.5) is 8.78 Å². The summed E-state index contributed by atoms with van der Waals surface area (Å²) in [5, 5.41) is 1.70. The SMILES string of the molecule is COc1ccc(Oc2nc(-c3ccc(F)cc3)cc3ccccc23)cc1F. The minimum Gasteiger partial charge on any atom is -0.494 e. The molecule has 5 heteroatoms. The van der Waals surface area contributed by atoms with E-state index in [9.17, 15) is 8.78 Å². The normalized spacial score (nSPS) is 10.8. The zero-order valence-electron chi connectivity index (χ0n) is 14.4. The predicted octanol–water partition coefficient (Wildman–Crippen LogP) is 5.98. The molecule has 4 rings (SSSR count). The lowest BCUT2D eigenvalue weighted by Crippen LogP contribution is -1.94. The molecule has 0 unspecified atom stereocenters. The number of ether oxygens (including phenoxy) is 2. The first-order valence-corrected chi connectivity index (χ1v) is 8.31. The summed E-state index contributed by atoms with van der Waals surface area (Å²) < 4.78 is 38.0. The molecule has 0 aliphatic carbocycles. The molecule has 0 N–H and O–H groups in total. The zero-order valence-corrected chi connectivity index (χ0v) is 14.4. The van der Waals surface area contributed by atoms with Crippen molar-refractivity contribution in [1.29, 1.82) is 0 Å². The molecule has 1 aromatic heterocycles. The number of rotatable bonds is 4. The van der Waals surface area contributed by atoms with Crippen LogP contribution in [0, 0.1) is 11.6 Å². The fourth-order valence-electron chi connectivity index (χ4n) is 2.84. The van der Waals surface area contributed by atoms with Gasteiger partial charge in [0.1, 0.15) is 11.6 Å². The standard InChI is InChI=1S/C22H15F2NO2/c1-26-21-11-10-17(13-19(21)24)27-22-18-5-3-2-4-15(18)12-20(25-22)14-6-8-16(23)9-7-14/h2-13H,1H3. The summed E-state index contributed by atoms with van der Waals surface area (Å²) in [4.78, 5) is 4.57. The molecule has 0 saturated carbocycles. The molecule has 0 atom stereocenters. The molecule has 134 valence electrons. The second kappa shape index (κ2) is 7.03. The minimum atomic E-state index is -0.519. The second-order valence-electron chi connectivity index (χ2n) is 5.94. The molecular weight excluding hydrogens is 348 g/mol. The van der Waals surface area contributed by atoms with Crippen LogP contribution in [0.1, 0.15) is 0 Å². The topological polar surface area (TPSA) is 31.4 Å². The highest BCUT2D eigenvalue weighted by Gasteiger charge is 2.11. The molecular formula is C22H15F2NO2. The number of hydrogen-bond acceptors (Lipinski definition) is 3. The van der Waals surface area contributed by atoms with Crippen LogP contribution < -0.4 is 9.47 Å². The van der Waals surface area contributed by atoms with Gasteiger partial charge in [-0.05, 0) is 53.9 Å². The van der Waals surface area contributed by atoms with Gasteiger partial charge in [0.05, 0.1) is 12.8 Å². The smallest absolute Gasteiger partial charge is 0.227 e. The highest BCUT2D eigenvalue weighted by Crippen LogP contribution is 2.33. The van der Waals surface area contributed by atoms with Gasteiger partial charge in [0.25, 0.3) is 0 Å². The average molecular weight is 363 g/mol. The maximum Gasteiger partial charge on any atom is 0.227 e. The number of fused-ring (bicyclic) bond motifs is 1. The van der Waals surface area contributed by atoms with E-state index in [1.807, 2.05) is 30.3 Å². The Kier molecular flexibility index (Phi) is 4.42. The summed E-state index contributed by atoms with van der Waals surface area (Å²) in [5.41, 5.74) is 1.39. The van der Waals surface area contributed by atoms with E-state index in [-0.39, 0.29) is 11.6 Å². The maximum absolute atomic E-state index is 14.0. The Bertz CT molecular complexity index is 1110. The van der Waals surface area contributed by atoms with Crippen LogP contribution in [0.2, 0.25) is 0 Å². The Morgan fingerprint density at radius 3 is 2.37 bits per heavy atom. The Balaban J connectivity index is 1.81. The van der Waals surface area contributed by atoms with Crippen LogP contribution in [0.25, 0.3) is 22.0 Å². The molecule has 3 aromatic carbocycles. The van der Waals surface area contributed by atoms with Crippen LogP contribution in [0.5, 0.6) is 17.4 Å². The summed E-state index contributed by atoms with van der Waals surface area (Å²) >= 11 is 0. The van der Waals surface area contributed by atoms with Crippen LogP contribution in [0.3, 0.4) is 0 Å². The number of nitrogens with zero attached hydrogens (tertiary/aromatic N) is 1. The molecule has 0 fully saturated rings. The van der Waals surface area contributed by atoms with Gasteiger partial charge in [0.15, 0.2) is 11.6 Å². The average Bonchev–Trinajstić information content (AvgIpc) is 2.68. The summed E-state index contributed by atoms with van der Waals surface area (Å²) in [7, 11) is 1.40. The highest BCUT2D eigenvalue weighted by molar-refractivity contribution is 5.90. The zero-order chi connectivity index (χ0) is 18.8. The van der Waals surface area contributed by atoms with Crippen LogP contribution >= 0.6 is 0 Å². The Labute approximate surface area is 154 Å². The van der Waals surface area contributed by atoms with Gasteiger partial charge in [-0.3, -0.25) is 0 Å². The Morgan fingerprint density at radius 1 is 0.852 bits per heavy atom. The van der Waals surface area contributed by atoms with E-state index in [1.54, 1.807) is 18.2 Å². The van der Waals surface area contributed by atoms with E-state index in [0.29, 0.717) is 17.3 Å². The molecule has 0 aliphatic heterocycles. The Morgan fingerprint density at radius 2 is 1.63 bits per heavy atom. The third kappa shape index (κ3) is 3.44. The monoisotopic (exact) mass is 363 g/mol. The van der Waals surface area contributed by atoms with E-state index in [1.165, 1.54) is 31.4 Å².